The molecular weight excluding hydrogens is 518 g/mol. The van der Waals surface area contributed by atoms with Crippen LogP contribution in [0.25, 0.3) is 22.6 Å². The number of benzene rings is 4. The summed E-state index contributed by atoms with van der Waals surface area (Å²) >= 11 is 0. The molecule has 2 unspecified atom stereocenters. The molecule has 2 atom stereocenters. The molecule has 0 saturated carbocycles. The Morgan fingerprint density at radius 3 is 2.29 bits per heavy atom. The number of anilines is 1. The van der Waals surface area contributed by atoms with E-state index in [1.807, 2.05) is 79.7 Å². The first-order valence-electron chi connectivity index (χ1n) is 13.4. The third kappa shape index (κ3) is 5.19. The molecule has 0 bridgehead atoms. The number of para-hydroxylation sites is 3. The molecule has 1 aromatic heterocycles. The first-order valence-corrected chi connectivity index (χ1v) is 13.4. The van der Waals surface area contributed by atoms with Gasteiger partial charge >= 0.3 is 0 Å². The molecule has 5 aromatic rings. The first kappa shape index (κ1) is 26.0. The Morgan fingerprint density at radius 2 is 1.59 bits per heavy atom. The van der Waals surface area contributed by atoms with Crippen LogP contribution in [-0.2, 0) is 14.4 Å². The fourth-order valence-corrected chi connectivity index (χ4v) is 5.14. The largest absolute Gasteiger partial charge is 0.484 e. The Kier molecular flexibility index (Phi) is 7.04. The SMILES string of the molecule is CC(c1ccccc1)N(C(=O)COc1ccccc1)C1CC(=O)N(c2ccc(-c3nc4ccccc4o3)cc2)C1=O. The van der Waals surface area contributed by atoms with Gasteiger partial charge in [-0.05, 0) is 61.0 Å². The maximum Gasteiger partial charge on any atom is 0.261 e. The molecule has 2 heterocycles. The van der Waals surface area contributed by atoms with E-state index in [2.05, 4.69) is 4.98 Å². The third-order valence-corrected chi connectivity index (χ3v) is 7.22. The summed E-state index contributed by atoms with van der Waals surface area (Å²) in [5.74, 6) is -0.231. The van der Waals surface area contributed by atoms with Gasteiger partial charge in [-0.3, -0.25) is 14.4 Å². The molecule has 8 heteroatoms. The van der Waals surface area contributed by atoms with Crippen LogP contribution in [0, 0.1) is 0 Å². The zero-order valence-electron chi connectivity index (χ0n) is 22.3. The highest BCUT2D eigenvalue weighted by Crippen LogP contribution is 2.33. The van der Waals surface area contributed by atoms with Gasteiger partial charge in [0.1, 0.15) is 17.3 Å². The van der Waals surface area contributed by atoms with Crippen molar-refractivity contribution in [2.75, 3.05) is 11.5 Å². The van der Waals surface area contributed by atoms with Gasteiger partial charge in [0.05, 0.1) is 18.2 Å². The van der Waals surface area contributed by atoms with Crippen molar-refractivity contribution in [3.05, 3.63) is 115 Å². The lowest BCUT2D eigenvalue weighted by molar-refractivity contribution is -0.142. The molecule has 1 saturated heterocycles. The maximum atomic E-state index is 13.8. The van der Waals surface area contributed by atoms with E-state index in [1.54, 1.807) is 36.4 Å². The summed E-state index contributed by atoms with van der Waals surface area (Å²) in [5, 5.41) is 0. The minimum atomic E-state index is -0.971. The second-order valence-electron chi connectivity index (χ2n) is 9.81. The number of aromatic nitrogens is 1. The average molecular weight is 546 g/mol. The number of oxazole rings is 1. The molecule has 4 aromatic carbocycles. The van der Waals surface area contributed by atoms with Crippen LogP contribution in [0.4, 0.5) is 5.69 Å². The Bertz CT molecular complexity index is 1670. The third-order valence-electron chi connectivity index (χ3n) is 7.22. The standard InChI is InChI=1S/C33H27N3O5/c1-22(23-10-4-2-5-11-23)35(31(38)21-40-26-12-6-3-7-13-26)28-20-30(37)36(33(28)39)25-18-16-24(17-19-25)32-34-27-14-8-9-15-29(27)41-32/h2-19,22,28H,20-21H2,1H3. The van der Waals surface area contributed by atoms with Gasteiger partial charge < -0.3 is 14.1 Å². The zero-order chi connectivity index (χ0) is 28.3. The Balaban J connectivity index is 1.25. The van der Waals surface area contributed by atoms with E-state index in [1.165, 1.54) is 4.90 Å². The van der Waals surface area contributed by atoms with E-state index in [0.717, 1.165) is 16.0 Å². The van der Waals surface area contributed by atoms with Gasteiger partial charge in [-0.2, -0.15) is 0 Å². The number of carbonyl (C=O) groups is 3. The molecule has 1 aliphatic rings. The van der Waals surface area contributed by atoms with E-state index in [-0.39, 0.29) is 24.8 Å². The summed E-state index contributed by atoms with van der Waals surface area (Å²) in [5.41, 5.74) is 3.40. The van der Waals surface area contributed by atoms with Crippen LogP contribution in [0.15, 0.2) is 114 Å². The van der Waals surface area contributed by atoms with E-state index in [4.69, 9.17) is 9.15 Å². The van der Waals surface area contributed by atoms with Gasteiger partial charge in [-0.1, -0.05) is 60.7 Å². The first-order chi connectivity index (χ1) is 20.0. The Morgan fingerprint density at radius 1 is 0.927 bits per heavy atom. The number of rotatable bonds is 8. The summed E-state index contributed by atoms with van der Waals surface area (Å²) in [4.78, 5) is 47.8. The molecular formula is C33H27N3O5. The van der Waals surface area contributed by atoms with Crippen LogP contribution in [0.1, 0.15) is 24.9 Å². The number of fused-ring (bicyclic) bond motifs is 1. The number of hydrogen-bond acceptors (Lipinski definition) is 6. The number of ether oxygens (including phenoxy) is 1. The number of nitrogens with zero attached hydrogens (tertiary/aromatic N) is 3. The summed E-state index contributed by atoms with van der Waals surface area (Å²) in [7, 11) is 0. The molecule has 0 radical (unpaired) electrons. The van der Waals surface area contributed by atoms with Crippen molar-refractivity contribution < 1.29 is 23.5 Å². The monoisotopic (exact) mass is 545 g/mol. The quantitative estimate of drug-likeness (QED) is 0.229. The topological polar surface area (TPSA) is 92.9 Å². The zero-order valence-corrected chi connectivity index (χ0v) is 22.3. The lowest BCUT2D eigenvalue weighted by Gasteiger charge is -2.33. The molecule has 8 nitrogen and oxygen atoms in total. The number of imide groups is 1. The van der Waals surface area contributed by atoms with Crippen molar-refractivity contribution in [1.29, 1.82) is 0 Å². The van der Waals surface area contributed by atoms with Crippen LogP contribution in [-0.4, -0.2) is 40.3 Å². The van der Waals surface area contributed by atoms with Crippen LogP contribution in [0.3, 0.4) is 0 Å². The van der Waals surface area contributed by atoms with Gasteiger partial charge in [0.15, 0.2) is 12.2 Å². The molecule has 6 rings (SSSR count). The van der Waals surface area contributed by atoms with Gasteiger partial charge in [-0.15, -0.1) is 0 Å². The molecule has 0 N–H and O–H groups in total. The van der Waals surface area contributed by atoms with Crippen molar-refractivity contribution in [3.63, 3.8) is 0 Å². The summed E-state index contributed by atoms with van der Waals surface area (Å²) in [6.45, 7) is 1.59. The molecule has 41 heavy (non-hydrogen) atoms. The molecule has 0 spiro atoms. The second-order valence-corrected chi connectivity index (χ2v) is 9.81. The Hall–Kier alpha value is -5.24. The highest BCUT2D eigenvalue weighted by molar-refractivity contribution is 6.23. The molecule has 1 aliphatic heterocycles. The van der Waals surface area contributed by atoms with Crippen molar-refractivity contribution in [3.8, 4) is 17.2 Å². The minimum Gasteiger partial charge on any atom is -0.484 e. The lowest BCUT2D eigenvalue weighted by Crippen LogP contribution is -2.48. The number of amides is 3. The summed E-state index contributed by atoms with van der Waals surface area (Å²) in [6.07, 6.45) is -0.125. The number of carbonyl (C=O) groups excluding carboxylic acids is 3. The molecule has 1 fully saturated rings. The van der Waals surface area contributed by atoms with Crippen molar-refractivity contribution >= 4 is 34.5 Å². The Labute approximate surface area is 236 Å². The van der Waals surface area contributed by atoms with Crippen LogP contribution < -0.4 is 9.64 Å². The fourth-order valence-electron chi connectivity index (χ4n) is 5.14. The average Bonchev–Trinajstić information content (AvgIpc) is 3.57. The second kappa shape index (κ2) is 11.1. The normalized spacial score (nSPS) is 15.7. The van der Waals surface area contributed by atoms with E-state index in [9.17, 15) is 14.4 Å². The number of hydrogen-bond donors (Lipinski definition) is 0. The smallest absolute Gasteiger partial charge is 0.261 e. The summed E-state index contributed by atoms with van der Waals surface area (Å²) < 4.78 is 11.6. The fraction of sp³-hybridized carbons (Fsp3) is 0.152. The molecule has 204 valence electrons. The molecule has 0 aliphatic carbocycles. The van der Waals surface area contributed by atoms with E-state index >= 15 is 0 Å². The van der Waals surface area contributed by atoms with Gasteiger partial charge in [0.25, 0.3) is 11.8 Å². The van der Waals surface area contributed by atoms with Gasteiger partial charge in [-0.25, -0.2) is 9.88 Å². The highest BCUT2D eigenvalue weighted by atomic mass is 16.5. The maximum absolute atomic E-state index is 13.8. The van der Waals surface area contributed by atoms with Gasteiger partial charge in [0, 0.05) is 5.56 Å². The predicted octanol–water partition coefficient (Wildman–Crippen LogP) is 5.80. The van der Waals surface area contributed by atoms with Crippen molar-refractivity contribution in [2.45, 2.75) is 25.4 Å². The van der Waals surface area contributed by atoms with Crippen LogP contribution in [0.5, 0.6) is 5.75 Å². The molecule has 3 amide bonds. The lowest BCUT2D eigenvalue weighted by atomic mass is 10.0. The van der Waals surface area contributed by atoms with E-state index in [0.29, 0.717) is 28.5 Å². The van der Waals surface area contributed by atoms with Gasteiger partial charge in [0.2, 0.25) is 11.8 Å². The van der Waals surface area contributed by atoms with Crippen LogP contribution >= 0.6 is 0 Å². The van der Waals surface area contributed by atoms with Crippen molar-refractivity contribution in [2.24, 2.45) is 0 Å². The van der Waals surface area contributed by atoms with Crippen LogP contribution in [0.2, 0.25) is 0 Å². The summed E-state index contributed by atoms with van der Waals surface area (Å²) in [6, 6.07) is 31.4. The van der Waals surface area contributed by atoms with E-state index < -0.39 is 18.0 Å². The highest BCUT2D eigenvalue weighted by Gasteiger charge is 2.46. The predicted molar refractivity (Wildman–Crippen MR) is 154 cm³/mol. The minimum absolute atomic E-state index is 0.125. The van der Waals surface area contributed by atoms with Crippen molar-refractivity contribution in [1.82, 2.24) is 9.88 Å².